The number of hydrogen-bond acceptors (Lipinski definition) is 4. The molecule has 1 heterocycles. The van der Waals surface area contributed by atoms with Crippen molar-refractivity contribution in [3.8, 4) is 17.1 Å². The summed E-state index contributed by atoms with van der Waals surface area (Å²) in [5.74, 6) is 1.61. The molecule has 0 aliphatic carbocycles. The van der Waals surface area contributed by atoms with Crippen molar-refractivity contribution in [2.24, 2.45) is 0 Å². The van der Waals surface area contributed by atoms with Crippen LogP contribution >= 0.6 is 0 Å². The smallest absolute Gasteiger partial charge is 0.159 e. The summed E-state index contributed by atoms with van der Waals surface area (Å²) in [7, 11) is 0. The van der Waals surface area contributed by atoms with E-state index in [1.54, 1.807) is 0 Å². The van der Waals surface area contributed by atoms with Crippen molar-refractivity contribution >= 4 is 0 Å². The Morgan fingerprint density at radius 2 is 2.00 bits per heavy atom. The van der Waals surface area contributed by atoms with Gasteiger partial charge in [-0.1, -0.05) is 19.1 Å². The van der Waals surface area contributed by atoms with Gasteiger partial charge in [0.1, 0.15) is 5.75 Å². The molecular formula is C17H23N3O. The van der Waals surface area contributed by atoms with Crippen LogP contribution in [-0.4, -0.2) is 23.1 Å². The molecule has 2 aromatic rings. The Hall–Kier alpha value is -1.94. The highest BCUT2D eigenvalue weighted by Gasteiger charge is 2.06. The minimum atomic E-state index is 0.657. The number of nitrogens with zero attached hydrogens (tertiary/aromatic N) is 2. The van der Waals surface area contributed by atoms with Crippen LogP contribution in [0.15, 0.2) is 30.3 Å². The van der Waals surface area contributed by atoms with Crippen molar-refractivity contribution in [3.63, 3.8) is 0 Å². The van der Waals surface area contributed by atoms with Crippen LogP contribution in [0.25, 0.3) is 11.4 Å². The van der Waals surface area contributed by atoms with Crippen LogP contribution in [-0.2, 0) is 6.54 Å². The molecule has 1 aromatic heterocycles. The number of ether oxygens (including phenoxy) is 1. The van der Waals surface area contributed by atoms with E-state index in [1.807, 2.05) is 44.2 Å². The number of rotatable bonds is 7. The molecule has 4 nitrogen and oxygen atoms in total. The zero-order chi connectivity index (χ0) is 15.1. The zero-order valence-corrected chi connectivity index (χ0v) is 13.0. The maximum Gasteiger partial charge on any atom is 0.159 e. The number of nitrogens with one attached hydrogen (secondary N) is 1. The van der Waals surface area contributed by atoms with Gasteiger partial charge in [-0.05, 0) is 45.0 Å². The van der Waals surface area contributed by atoms with E-state index >= 15 is 0 Å². The Bertz CT molecular complexity index is 584. The van der Waals surface area contributed by atoms with Crippen LogP contribution in [0.2, 0.25) is 0 Å². The topological polar surface area (TPSA) is 47.0 Å². The van der Waals surface area contributed by atoms with E-state index < -0.39 is 0 Å². The van der Waals surface area contributed by atoms with E-state index in [9.17, 15) is 0 Å². The van der Waals surface area contributed by atoms with Gasteiger partial charge in [-0.3, -0.25) is 0 Å². The normalized spacial score (nSPS) is 10.6. The quantitative estimate of drug-likeness (QED) is 0.793. The predicted octanol–water partition coefficient (Wildman–Crippen LogP) is 3.35. The predicted molar refractivity (Wildman–Crippen MR) is 85.4 cm³/mol. The molecule has 0 radical (unpaired) electrons. The van der Waals surface area contributed by atoms with Crippen molar-refractivity contribution in [1.29, 1.82) is 0 Å². The molecule has 1 N–H and O–H groups in total. The van der Waals surface area contributed by atoms with Gasteiger partial charge in [0, 0.05) is 17.8 Å². The van der Waals surface area contributed by atoms with E-state index in [4.69, 9.17) is 4.74 Å². The fourth-order valence-electron chi connectivity index (χ4n) is 2.14. The summed E-state index contributed by atoms with van der Waals surface area (Å²) in [5, 5.41) is 3.37. The summed E-state index contributed by atoms with van der Waals surface area (Å²) in [6.07, 6.45) is 1.12. The van der Waals surface area contributed by atoms with Crippen molar-refractivity contribution in [3.05, 3.63) is 41.7 Å². The van der Waals surface area contributed by atoms with Crippen molar-refractivity contribution in [2.45, 2.75) is 33.7 Å². The fourth-order valence-corrected chi connectivity index (χ4v) is 2.14. The van der Waals surface area contributed by atoms with Crippen LogP contribution in [0.3, 0.4) is 0 Å². The van der Waals surface area contributed by atoms with Gasteiger partial charge >= 0.3 is 0 Å². The van der Waals surface area contributed by atoms with Gasteiger partial charge in [-0.15, -0.1) is 0 Å². The van der Waals surface area contributed by atoms with Gasteiger partial charge < -0.3 is 10.1 Å². The monoisotopic (exact) mass is 285 g/mol. The molecular weight excluding hydrogens is 262 g/mol. The second-order valence-electron chi connectivity index (χ2n) is 4.96. The lowest BCUT2D eigenvalue weighted by Gasteiger charge is -2.08. The third kappa shape index (κ3) is 4.53. The molecule has 0 spiro atoms. The van der Waals surface area contributed by atoms with Crippen LogP contribution in [0.5, 0.6) is 5.75 Å². The molecule has 0 bridgehead atoms. The third-order valence-electron chi connectivity index (χ3n) is 3.04. The zero-order valence-electron chi connectivity index (χ0n) is 13.0. The standard InChI is InChI=1S/C17H23N3O/c1-4-9-18-12-15-10-13(3)19-17(20-15)14-7-6-8-16(11-14)21-5-2/h6-8,10-11,18H,4-5,9,12H2,1-3H3. The first-order valence-electron chi connectivity index (χ1n) is 7.51. The average molecular weight is 285 g/mol. The Morgan fingerprint density at radius 1 is 1.14 bits per heavy atom. The molecule has 0 aliphatic heterocycles. The summed E-state index contributed by atoms with van der Waals surface area (Å²) < 4.78 is 5.54. The molecule has 0 saturated heterocycles. The molecule has 21 heavy (non-hydrogen) atoms. The van der Waals surface area contributed by atoms with Crippen molar-refractivity contribution in [2.75, 3.05) is 13.2 Å². The summed E-state index contributed by atoms with van der Waals surface area (Å²) >= 11 is 0. The van der Waals surface area contributed by atoms with Crippen molar-refractivity contribution < 1.29 is 4.74 Å². The highest BCUT2D eigenvalue weighted by Crippen LogP contribution is 2.21. The minimum Gasteiger partial charge on any atom is -0.494 e. The van der Waals surface area contributed by atoms with Gasteiger partial charge in [0.25, 0.3) is 0 Å². The number of aryl methyl sites for hydroxylation is 1. The highest BCUT2D eigenvalue weighted by molar-refractivity contribution is 5.57. The van der Waals surface area contributed by atoms with Crippen LogP contribution in [0, 0.1) is 6.92 Å². The first-order valence-corrected chi connectivity index (χ1v) is 7.51. The van der Waals surface area contributed by atoms with Crippen LogP contribution < -0.4 is 10.1 Å². The number of aromatic nitrogens is 2. The molecule has 2 rings (SSSR count). The first kappa shape index (κ1) is 15.4. The first-order chi connectivity index (χ1) is 10.2. The van der Waals surface area contributed by atoms with E-state index in [-0.39, 0.29) is 0 Å². The summed E-state index contributed by atoms with van der Waals surface area (Å²) in [6.45, 7) is 8.56. The molecule has 4 heteroatoms. The number of benzene rings is 1. The lowest BCUT2D eigenvalue weighted by atomic mass is 10.2. The van der Waals surface area contributed by atoms with E-state index in [0.717, 1.165) is 48.0 Å². The largest absolute Gasteiger partial charge is 0.494 e. The molecule has 0 unspecified atom stereocenters. The van der Waals surface area contributed by atoms with Gasteiger partial charge in [0.2, 0.25) is 0 Å². The molecule has 0 atom stereocenters. The highest BCUT2D eigenvalue weighted by atomic mass is 16.5. The molecule has 0 aliphatic rings. The molecule has 0 fully saturated rings. The Balaban J connectivity index is 2.24. The number of hydrogen-bond donors (Lipinski definition) is 1. The van der Waals surface area contributed by atoms with E-state index in [1.165, 1.54) is 0 Å². The minimum absolute atomic E-state index is 0.657. The molecule has 0 saturated carbocycles. The summed E-state index contributed by atoms with van der Waals surface area (Å²) in [4.78, 5) is 9.19. The second kappa shape index (κ2) is 7.74. The Kier molecular flexibility index (Phi) is 5.69. The molecule has 0 amide bonds. The van der Waals surface area contributed by atoms with Crippen LogP contribution in [0.4, 0.5) is 0 Å². The van der Waals surface area contributed by atoms with E-state index in [2.05, 4.69) is 22.2 Å². The van der Waals surface area contributed by atoms with E-state index in [0.29, 0.717) is 6.61 Å². The van der Waals surface area contributed by atoms with Gasteiger partial charge in [-0.2, -0.15) is 0 Å². The summed E-state index contributed by atoms with van der Waals surface area (Å²) in [6, 6.07) is 9.95. The molecule has 1 aromatic carbocycles. The fraction of sp³-hybridized carbons (Fsp3) is 0.412. The third-order valence-corrected chi connectivity index (χ3v) is 3.04. The Labute approximate surface area is 126 Å². The maximum atomic E-state index is 5.54. The second-order valence-corrected chi connectivity index (χ2v) is 4.96. The SMILES string of the molecule is CCCNCc1cc(C)nc(-c2cccc(OCC)c2)n1. The Morgan fingerprint density at radius 3 is 2.76 bits per heavy atom. The lowest BCUT2D eigenvalue weighted by Crippen LogP contribution is -2.15. The van der Waals surface area contributed by atoms with Crippen LogP contribution in [0.1, 0.15) is 31.7 Å². The summed E-state index contributed by atoms with van der Waals surface area (Å²) in [5.41, 5.74) is 2.99. The average Bonchev–Trinajstić information content (AvgIpc) is 2.48. The van der Waals surface area contributed by atoms with Gasteiger partial charge in [0.15, 0.2) is 5.82 Å². The lowest BCUT2D eigenvalue weighted by molar-refractivity contribution is 0.340. The maximum absolute atomic E-state index is 5.54. The van der Waals surface area contributed by atoms with Gasteiger partial charge in [-0.25, -0.2) is 9.97 Å². The van der Waals surface area contributed by atoms with Crippen molar-refractivity contribution in [1.82, 2.24) is 15.3 Å². The van der Waals surface area contributed by atoms with Gasteiger partial charge in [0.05, 0.1) is 12.3 Å². The molecule has 112 valence electrons.